The molecule has 0 amide bonds. The van der Waals surface area contributed by atoms with E-state index in [2.05, 4.69) is 12.2 Å². The van der Waals surface area contributed by atoms with E-state index in [-0.39, 0.29) is 6.04 Å². The second-order valence-electron chi connectivity index (χ2n) is 4.53. The first-order valence-electron chi connectivity index (χ1n) is 6.23. The Hall–Kier alpha value is -0.570. The molecule has 0 unspecified atom stereocenters. The zero-order chi connectivity index (χ0) is 11.1. The third-order valence-corrected chi connectivity index (χ3v) is 3.19. The molecule has 0 radical (unpaired) electrons. The molecule has 0 aromatic carbocycles. The van der Waals surface area contributed by atoms with Crippen molar-refractivity contribution in [2.45, 2.75) is 70.4 Å². The van der Waals surface area contributed by atoms with Gasteiger partial charge in [-0.2, -0.15) is 0 Å². The average molecular weight is 213 g/mol. The summed E-state index contributed by atoms with van der Waals surface area (Å²) in [4.78, 5) is 11.0. The molecule has 2 N–H and O–H groups in total. The topological polar surface area (TPSA) is 49.3 Å². The molecule has 0 aromatic rings. The zero-order valence-corrected chi connectivity index (χ0v) is 9.67. The highest BCUT2D eigenvalue weighted by atomic mass is 16.4. The maximum atomic E-state index is 11.0. The third-order valence-electron chi connectivity index (χ3n) is 3.19. The Morgan fingerprint density at radius 3 is 2.60 bits per heavy atom. The summed E-state index contributed by atoms with van der Waals surface area (Å²) in [6.45, 7) is 2.10. The van der Waals surface area contributed by atoms with Crippen molar-refractivity contribution < 1.29 is 9.90 Å². The number of carboxylic acids is 1. The maximum absolute atomic E-state index is 11.0. The van der Waals surface area contributed by atoms with Crippen LogP contribution >= 0.6 is 0 Å². The predicted octanol–water partition coefficient (Wildman–Crippen LogP) is 2.55. The first kappa shape index (κ1) is 12.5. The first-order chi connectivity index (χ1) is 7.24. The Morgan fingerprint density at radius 1 is 1.40 bits per heavy atom. The highest BCUT2D eigenvalue weighted by molar-refractivity contribution is 5.73. The molecule has 3 nitrogen and oxygen atoms in total. The summed E-state index contributed by atoms with van der Waals surface area (Å²) in [7, 11) is 0. The van der Waals surface area contributed by atoms with Crippen LogP contribution in [0.5, 0.6) is 0 Å². The summed E-state index contributed by atoms with van der Waals surface area (Å²) in [5.74, 6) is -0.686. The van der Waals surface area contributed by atoms with Gasteiger partial charge in [-0.05, 0) is 19.3 Å². The molecular weight excluding hydrogens is 190 g/mol. The van der Waals surface area contributed by atoms with Gasteiger partial charge < -0.3 is 10.4 Å². The second kappa shape index (κ2) is 6.83. The number of aliphatic carboxylic acids is 1. The molecule has 0 saturated heterocycles. The molecule has 1 saturated carbocycles. The van der Waals surface area contributed by atoms with Crippen molar-refractivity contribution in [1.82, 2.24) is 5.32 Å². The van der Waals surface area contributed by atoms with E-state index in [4.69, 9.17) is 5.11 Å². The van der Waals surface area contributed by atoms with Crippen LogP contribution in [0.2, 0.25) is 0 Å². The summed E-state index contributed by atoms with van der Waals surface area (Å²) >= 11 is 0. The summed E-state index contributed by atoms with van der Waals surface area (Å²) in [5.41, 5.74) is 0. The fraction of sp³-hybridized carbons (Fsp3) is 0.917. The van der Waals surface area contributed by atoms with Crippen molar-refractivity contribution in [1.29, 1.82) is 0 Å². The monoisotopic (exact) mass is 213 g/mol. The number of nitrogens with one attached hydrogen (secondary N) is 1. The van der Waals surface area contributed by atoms with Gasteiger partial charge in [0.1, 0.15) is 6.04 Å². The van der Waals surface area contributed by atoms with Gasteiger partial charge in [-0.3, -0.25) is 4.79 Å². The minimum Gasteiger partial charge on any atom is -0.480 e. The minimum absolute atomic E-state index is 0.326. The van der Waals surface area contributed by atoms with Crippen molar-refractivity contribution in [2.24, 2.45) is 0 Å². The summed E-state index contributed by atoms with van der Waals surface area (Å²) in [6.07, 6.45) is 8.93. The molecule has 1 aliphatic rings. The second-order valence-corrected chi connectivity index (χ2v) is 4.53. The number of rotatable bonds is 6. The lowest BCUT2D eigenvalue weighted by atomic mass is 9.94. The Labute approximate surface area is 92.3 Å². The highest BCUT2D eigenvalue weighted by Gasteiger charge is 2.21. The fourth-order valence-electron chi connectivity index (χ4n) is 2.24. The summed E-state index contributed by atoms with van der Waals surface area (Å²) in [5, 5.41) is 12.4. The Bertz CT molecular complexity index is 188. The van der Waals surface area contributed by atoms with Gasteiger partial charge in [0.2, 0.25) is 0 Å². The quantitative estimate of drug-likeness (QED) is 0.713. The average Bonchev–Trinajstić information content (AvgIpc) is 2.25. The molecule has 0 aromatic heterocycles. The lowest BCUT2D eigenvalue weighted by Crippen LogP contribution is -2.44. The molecule has 1 atom stereocenters. The first-order valence-corrected chi connectivity index (χ1v) is 6.23. The third kappa shape index (κ3) is 4.65. The molecule has 0 spiro atoms. The smallest absolute Gasteiger partial charge is 0.320 e. The molecule has 15 heavy (non-hydrogen) atoms. The van der Waals surface area contributed by atoms with E-state index in [1.807, 2.05) is 0 Å². The highest BCUT2D eigenvalue weighted by Crippen LogP contribution is 2.18. The predicted molar refractivity (Wildman–Crippen MR) is 61.0 cm³/mol. The van der Waals surface area contributed by atoms with Crippen LogP contribution in [0.4, 0.5) is 0 Å². The number of hydrogen-bond acceptors (Lipinski definition) is 2. The SMILES string of the molecule is CCCC[C@H](NC1CCCCC1)C(=O)O. The molecule has 1 aliphatic carbocycles. The van der Waals surface area contributed by atoms with E-state index < -0.39 is 5.97 Å². The van der Waals surface area contributed by atoms with Gasteiger partial charge in [-0.15, -0.1) is 0 Å². The van der Waals surface area contributed by atoms with Gasteiger partial charge in [0.15, 0.2) is 0 Å². The molecule has 0 aliphatic heterocycles. The number of hydrogen-bond donors (Lipinski definition) is 2. The van der Waals surface area contributed by atoms with Crippen molar-refractivity contribution in [3.8, 4) is 0 Å². The normalized spacial score (nSPS) is 20.1. The lowest BCUT2D eigenvalue weighted by molar-refractivity contribution is -0.140. The lowest BCUT2D eigenvalue weighted by Gasteiger charge is -2.26. The zero-order valence-electron chi connectivity index (χ0n) is 9.67. The Balaban J connectivity index is 2.31. The minimum atomic E-state index is -0.686. The van der Waals surface area contributed by atoms with Crippen LogP contribution in [0.1, 0.15) is 58.3 Å². The maximum Gasteiger partial charge on any atom is 0.320 e. The van der Waals surface area contributed by atoms with Gasteiger partial charge in [0.25, 0.3) is 0 Å². The van der Waals surface area contributed by atoms with Crippen LogP contribution in [0, 0.1) is 0 Å². The van der Waals surface area contributed by atoms with E-state index in [9.17, 15) is 4.79 Å². The van der Waals surface area contributed by atoms with Crippen LogP contribution < -0.4 is 5.32 Å². The van der Waals surface area contributed by atoms with E-state index in [1.54, 1.807) is 0 Å². The van der Waals surface area contributed by atoms with Crippen LogP contribution in [-0.4, -0.2) is 23.2 Å². The molecule has 88 valence electrons. The van der Waals surface area contributed by atoms with E-state index in [0.29, 0.717) is 6.04 Å². The van der Waals surface area contributed by atoms with E-state index in [0.717, 1.165) is 32.1 Å². The summed E-state index contributed by atoms with van der Waals surface area (Å²) < 4.78 is 0. The number of carbonyl (C=O) groups is 1. The van der Waals surface area contributed by atoms with E-state index in [1.165, 1.54) is 19.3 Å². The van der Waals surface area contributed by atoms with Gasteiger partial charge in [-0.25, -0.2) is 0 Å². The van der Waals surface area contributed by atoms with Crippen LogP contribution in [-0.2, 0) is 4.79 Å². The van der Waals surface area contributed by atoms with Gasteiger partial charge >= 0.3 is 5.97 Å². The van der Waals surface area contributed by atoms with Crippen LogP contribution in [0.15, 0.2) is 0 Å². The Morgan fingerprint density at radius 2 is 2.07 bits per heavy atom. The molecule has 0 heterocycles. The van der Waals surface area contributed by atoms with Gasteiger partial charge in [-0.1, -0.05) is 39.0 Å². The largest absolute Gasteiger partial charge is 0.480 e. The molecule has 0 bridgehead atoms. The van der Waals surface area contributed by atoms with Crippen molar-refractivity contribution in [2.75, 3.05) is 0 Å². The van der Waals surface area contributed by atoms with Crippen LogP contribution in [0.3, 0.4) is 0 Å². The molecule has 1 rings (SSSR count). The van der Waals surface area contributed by atoms with Crippen LogP contribution in [0.25, 0.3) is 0 Å². The summed E-state index contributed by atoms with van der Waals surface area (Å²) in [6, 6.07) is 0.116. The van der Waals surface area contributed by atoms with Crippen molar-refractivity contribution in [3.05, 3.63) is 0 Å². The molecular formula is C12H23NO2. The van der Waals surface area contributed by atoms with Gasteiger partial charge in [0.05, 0.1) is 0 Å². The van der Waals surface area contributed by atoms with Crippen molar-refractivity contribution >= 4 is 5.97 Å². The number of unbranched alkanes of at least 4 members (excludes halogenated alkanes) is 1. The standard InChI is InChI=1S/C12H23NO2/c1-2-3-9-11(12(14)15)13-10-7-5-4-6-8-10/h10-11,13H,2-9H2,1H3,(H,14,15)/t11-/m0/s1. The number of carboxylic acid groups (broad SMARTS) is 1. The van der Waals surface area contributed by atoms with Crippen molar-refractivity contribution in [3.63, 3.8) is 0 Å². The fourth-order valence-corrected chi connectivity index (χ4v) is 2.24. The molecule has 1 fully saturated rings. The molecule has 3 heteroatoms. The van der Waals surface area contributed by atoms with Gasteiger partial charge in [0, 0.05) is 6.04 Å². The Kier molecular flexibility index (Phi) is 5.69. The van der Waals surface area contributed by atoms with E-state index >= 15 is 0 Å².